The van der Waals surface area contributed by atoms with E-state index < -0.39 is 0 Å². The number of para-hydroxylation sites is 1. The van der Waals surface area contributed by atoms with Gasteiger partial charge in [-0.05, 0) is 61.2 Å². The third-order valence-electron chi connectivity index (χ3n) is 6.22. The zero-order valence-corrected chi connectivity index (χ0v) is 18.7. The molecule has 1 atom stereocenters. The van der Waals surface area contributed by atoms with Crippen molar-refractivity contribution in [1.29, 1.82) is 5.26 Å². The van der Waals surface area contributed by atoms with Crippen LogP contribution in [0.15, 0.2) is 60.7 Å². The summed E-state index contributed by atoms with van der Waals surface area (Å²) in [4.78, 5) is 9.13. The van der Waals surface area contributed by atoms with E-state index in [-0.39, 0.29) is 24.1 Å². The van der Waals surface area contributed by atoms with Crippen LogP contribution in [-0.2, 0) is 6.61 Å². The van der Waals surface area contributed by atoms with Gasteiger partial charge in [-0.25, -0.2) is 9.97 Å². The van der Waals surface area contributed by atoms with Crippen LogP contribution in [0, 0.1) is 11.3 Å². The lowest BCUT2D eigenvalue weighted by atomic mass is 9.88. The predicted octanol–water partition coefficient (Wildman–Crippen LogP) is 4.50. The van der Waals surface area contributed by atoms with Gasteiger partial charge in [0.15, 0.2) is 0 Å². The normalized spacial score (nSPS) is 15.7. The van der Waals surface area contributed by atoms with Gasteiger partial charge < -0.3 is 20.9 Å². The molecule has 1 fully saturated rings. The molecule has 7 heteroatoms. The van der Waals surface area contributed by atoms with E-state index in [1.165, 1.54) is 0 Å². The summed E-state index contributed by atoms with van der Waals surface area (Å²) in [6.45, 7) is 1.97. The molecule has 1 unspecified atom stereocenters. The Morgan fingerprint density at radius 2 is 2.00 bits per heavy atom. The summed E-state index contributed by atoms with van der Waals surface area (Å²) in [6.07, 6.45) is 1.99. The summed E-state index contributed by atoms with van der Waals surface area (Å²) < 4.78 is 6.11. The Kier molecular flexibility index (Phi) is 5.98. The maximum absolute atomic E-state index is 10.7. The van der Waals surface area contributed by atoms with Gasteiger partial charge in [0, 0.05) is 11.9 Å². The fourth-order valence-electron chi connectivity index (χ4n) is 4.51. The number of anilines is 1. The van der Waals surface area contributed by atoms with E-state index in [2.05, 4.69) is 21.4 Å². The summed E-state index contributed by atoms with van der Waals surface area (Å²) in [5.41, 5.74) is 10.1. The molecule has 0 spiro atoms. The third-order valence-corrected chi connectivity index (χ3v) is 6.22. The summed E-state index contributed by atoms with van der Waals surface area (Å²) in [6, 6.07) is 21.0. The van der Waals surface area contributed by atoms with Crippen LogP contribution in [-0.4, -0.2) is 28.2 Å². The highest BCUT2D eigenvalue weighted by atomic mass is 16.5. The number of fused-ring (bicyclic) bond motifs is 1. The van der Waals surface area contributed by atoms with Crippen LogP contribution in [0.2, 0.25) is 0 Å². The van der Waals surface area contributed by atoms with E-state index >= 15 is 0 Å². The van der Waals surface area contributed by atoms with E-state index in [1.54, 1.807) is 18.2 Å². The fraction of sp³-hybridized carbons (Fsp3) is 0.222. The zero-order chi connectivity index (χ0) is 23.5. The SMILES string of the molecule is N#Cc1c(C2CCCNC2)cc(-c2c(O)cccc2OCc2ccc3ccccc3n2)nc1N. The van der Waals surface area contributed by atoms with Gasteiger partial charge in [0.05, 0.1) is 28.0 Å². The second-order valence-corrected chi connectivity index (χ2v) is 8.45. The van der Waals surface area contributed by atoms with Crippen molar-refractivity contribution < 1.29 is 9.84 Å². The smallest absolute Gasteiger partial charge is 0.142 e. The Morgan fingerprint density at radius 3 is 2.82 bits per heavy atom. The third kappa shape index (κ3) is 4.24. The molecule has 2 aromatic heterocycles. The van der Waals surface area contributed by atoms with Crippen molar-refractivity contribution in [2.24, 2.45) is 0 Å². The molecule has 170 valence electrons. The van der Waals surface area contributed by atoms with Crippen molar-refractivity contribution in [1.82, 2.24) is 15.3 Å². The number of benzene rings is 2. The minimum Gasteiger partial charge on any atom is -0.507 e. The minimum atomic E-state index is 0.0355. The number of aromatic nitrogens is 2. The van der Waals surface area contributed by atoms with Gasteiger partial charge >= 0.3 is 0 Å². The molecule has 7 nitrogen and oxygen atoms in total. The maximum Gasteiger partial charge on any atom is 0.142 e. The molecule has 0 saturated carbocycles. The van der Waals surface area contributed by atoms with Crippen molar-refractivity contribution >= 4 is 16.7 Å². The van der Waals surface area contributed by atoms with Crippen molar-refractivity contribution in [2.45, 2.75) is 25.4 Å². The van der Waals surface area contributed by atoms with Crippen molar-refractivity contribution in [3.63, 3.8) is 0 Å². The first-order chi connectivity index (χ1) is 16.6. The number of nitrogens with zero attached hydrogens (tertiary/aromatic N) is 3. The van der Waals surface area contributed by atoms with Crippen molar-refractivity contribution in [3.8, 4) is 28.8 Å². The zero-order valence-electron chi connectivity index (χ0n) is 18.7. The molecule has 4 N–H and O–H groups in total. The Labute approximate surface area is 197 Å². The average Bonchev–Trinajstić information content (AvgIpc) is 2.87. The van der Waals surface area contributed by atoms with Gasteiger partial charge in [-0.2, -0.15) is 5.26 Å². The van der Waals surface area contributed by atoms with Crippen molar-refractivity contribution in [3.05, 3.63) is 77.5 Å². The van der Waals surface area contributed by atoms with Crippen LogP contribution >= 0.6 is 0 Å². The Morgan fingerprint density at radius 1 is 1.12 bits per heavy atom. The van der Waals surface area contributed by atoms with Crippen LogP contribution < -0.4 is 15.8 Å². The van der Waals surface area contributed by atoms with E-state index in [0.29, 0.717) is 22.6 Å². The predicted molar refractivity (Wildman–Crippen MR) is 131 cm³/mol. The number of ether oxygens (including phenoxy) is 1. The van der Waals surface area contributed by atoms with Gasteiger partial charge in [-0.1, -0.05) is 30.3 Å². The minimum absolute atomic E-state index is 0.0355. The number of phenols is 1. The molecule has 1 aliphatic heterocycles. The molecular weight excluding hydrogens is 426 g/mol. The fourth-order valence-corrected chi connectivity index (χ4v) is 4.51. The number of phenolic OH excluding ortho intramolecular Hbond substituents is 1. The first-order valence-corrected chi connectivity index (χ1v) is 11.3. The number of pyridine rings is 2. The molecule has 0 bridgehead atoms. The lowest BCUT2D eigenvalue weighted by Gasteiger charge is -2.25. The molecule has 0 aliphatic carbocycles. The molecule has 1 aliphatic rings. The molecule has 4 aromatic rings. The number of nitrogens with one attached hydrogen (secondary N) is 1. The first kappa shape index (κ1) is 21.7. The monoisotopic (exact) mass is 451 g/mol. The molecule has 34 heavy (non-hydrogen) atoms. The Bertz CT molecular complexity index is 1390. The molecular formula is C27H25N5O2. The molecule has 3 heterocycles. The van der Waals surface area contributed by atoms with Crippen LogP contribution in [0.3, 0.4) is 0 Å². The van der Waals surface area contributed by atoms with Crippen LogP contribution in [0.25, 0.3) is 22.2 Å². The number of nitrogen functional groups attached to an aromatic ring is 1. The number of rotatable bonds is 5. The van der Waals surface area contributed by atoms with E-state index in [1.807, 2.05) is 42.5 Å². The second kappa shape index (κ2) is 9.38. The summed E-state index contributed by atoms with van der Waals surface area (Å²) >= 11 is 0. The number of hydrogen-bond acceptors (Lipinski definition) is 7. The Hall–Kier alpha value is -4.15. The van der Waals surface area contributed by atoms with Gasteiger partial charge in [-0.3, -0.25) is 0 Å². The maximum atomic E-state index is 10.7. The molecule has 5 rings (SSSR count). The lowest BCUT2D eigenvalue weighted by molar-refractivity contribution is 0.301. The molecule has 0 radical (unpaired) electrons. The number of piperidine rings is 1. The quantitative estimate of drug-likeness (QED) is 0.409. The van der Waals surface area contributed by atoms with E-state index in [0.717, 1.165) is 48.1 Å². The van der Waals surface area contributed by atoms with Crippen LogP contribution in [0.5, 0.6) is 11.5 Å². The van der Waals surface area contributed by atoms with Crippen LogP contribution in [0.4, 0.5) is 5.82 Å². The second-order valence-electron chi connectivity index (χ2n) is 8.45. The summed E-state index contributed by atoms with van der Waals surface area (Å²) in [5, 5.41) is 24.9. The van der Waals surface area contributed by atoms with E-state index in [9.17, 15) is 10.4 Å². The lowest BCUT2D eigenvalue weighted by Crippen LogP contribution is -2.29. The van der Waals surface area contributed by atoms with Gasteiger partial charge in [-0.15, -0.1) is 0 Å². The Balaban J connectivity index is 1.50. The highest BCUT2D eigenvalue weighted by Gasteiger charge is 2.24. The largest absolute Gasteiger partial charge is 0.507 e. The molecule has 1 saturated heterocycles. The highest BCUT2D eigenvalue weighted by Crippen LogP contribution is 2.40. The number of nitriles is 1. The average molecular weight is 452 g/mol. The standard InChI is InChI=1S/C27H25N5O2/c28-14-21-20(18-6-4-12-30-15-18)13-23(32-27(21)29)26-24(33)8-3-9-25(26)34-16-19-11-10-17-5-1-2-7-22(17)31-19/h1-3,5,7-11,13,18,30,33H,4,6,12,15-16H2,(H2,29,32). The van der Waals surface area contributed by atoms with E-state index in [4.69, 9.17) is 10.5 Å². The number of aromatic hydroxyl groups is 1. The topological polar surface area (TPSA) is 117 Å². The molecule has 0 amide bonds. The van der Waals surface area contributed by atoms with Crippen LogP contribution in [0.1, 0.15) is 35.6 Å². The summed E-state index contributed by atoms with van der Waals surface area (Å²) in [5.74, 6) is 0.822. The summed E-state index contributed by atoms with van der Waals surface area (Å²) in [7, 11) is 0. The van der Waals surface area contributed by atoms with Crippen molar-refractivity contribution in [2.75, 3.05) is 18.8 Å². The first-order valence-electron chi connectivity index (χ1n) is 11.3. The van der Waals surface area contributed by atoms with Gasteiger partial charge in [0.2, 0.25) is 0 Å². The highest BCUT2D eigenvalue weighted by molar-refractivity contribution is 5.78. The number of nitrogens with two attached hydrogens (primary N) is 1. The number of hydrogen-bond donors (Lipinski definition) is 3. The molecule has 2 aromatic carbocycles. The van der Waals surface area contributed by atoms with Gasteiger partial charge in [0.1, 0.15) is 30.0 Å². The van der Waals surface area contributed by atoms with Gasteiger partial charge in [0.25, 0.3) is 0 Å².